The SMILES string of the molecule is Cc1nc(COc2cccc(-c3cc(F)c(Cc4nc5ccc(C(=O)O)cc5n4CC4CCO4)cc3F)n2)no1. The molecular weight excluding hydrogens is 524 g/mol. The highest BCUT2D eigenvalue weighted by Crippen LogP contribution is 2.29. The number of rotatable bonds is 9. The van der Waals surface area contributed by atoms with Gasteiger partial charge in [-0.1, -0.05) is 11.2 Å². The van der Waals surface area contributed by atoms with Gasteiger partial charge in [-0.25, -0.2) is 23.5 Å². The minimum atomic E-state index is -1.06. The molecule has 1 atom stereocenters. The quantitative estimate of drug-likeness (QED) is 0.279. The van der Waals surface area contributed by atoms with Crippen LogP contribution in [0, 0.1) is 18.6 Å². The van der Waals surface area contributed by atoms with Crippen LogP contribution in [0.2, 0.25) is 0 Å². The highest BCUT2D eigenvalue weighted by atomic mass is 19.1. The molecule has 1 unspecified atom stereocenters. The van der Waals surface area contributed by atoms with Gasteiger partial charge in [0.15, 0.2) is 6.61 Å². The summed E-state index contributed by atoms with van der Waals surface area (Å²) in [6.45, 7) is 2.73. The fourth-order valence-corrected chi connectivity index (χ4v) is 4.55. The van der Waals surface area contributed by atoms with Crippen molar-refractivity contribution in [3.63, 3.8) is 0 Å². The third-order valence-corrected chi connectivity index (χ3v) is 6.66. The lowest BCUT2D eigenvalue weighted by molar-refractivity contribution is -0.0589. The van der Waals surface area contributed by atoms with Crippen molar-refractivity contribution in [3.8, 4) is 17.1 Å². The van der Waals surface area contributed by atoms with Gasteiger partial charge in [0.1, 0.15) is 17.5 Å². The van der Waals surface area contributed by atoms with E-state index in [0.29, 0.717) is 41.7 Å². The van der Waals surface area contributed by atoms with E-state index in [4.69, 9.17) is 14.0 Å². The first-order valence-corrected chi connectivity index (χ1v) is 12.6. The molecule has 0 saturated carbocycles. The average Bonchev–Trinajstić information content (AvgIpc) is 3.49. The molecule has 12 heteroatoms. The topological polar surface area (TPSA) is 125 Å². The van der Waals surface area contributed by atoms with Gasteiger partial charge in [-0.05, 0) is 48.4 Å². The van der Waals surface area contributed by atoms with Gasteiger partial charge in [0.2, 0.25) is 17.6 Å². The van der Waals surface area contributed by atoms with Gasteiger partial charge in [-0.2, -0.15) is 4.98 Å². The summed E-state index contributed by atoms with van der Waals surface area (Å²) in [5, 5.41) is 13.2. The Labute approximate surface area is 226 Å². The van der Waals surface area contributed by atoms with Gasteiger partial charge in [-0.3, -0.25) is 0 Å². The van der Waals surface area contributed by atoms with E-state index in [-0.39, 0.29) is 47.4 Å². The van der Waals surface area contributed by atoms with Crippen molar-refractivity contribution in [3.05, 3.63) is 88.8 Å². The zero-order chi connectivity index (χ0) is 27.8. The molecule has 1 saturated heterocycles. The standard InChI is InChI=1S/C28H23F2N5O5/c1-15-31-25(34-40-15)14-39-27-4-2-3-22(33-27)19-12-20(29)17(9-21(19)30)11-26-32-23-6-5-16(28(36)37)10-24(23)35(26)13-18-7-8-38-18/h2-6,9-10,12,18H,7-8,11,13-14H2,1H3,(H,36,37). The van der Waals surface area contributed by atoms with Gasteiger partial charge in [0.05, 0.1) is 34.9 Å². The van der Waals surface area contributed by atoms with Crippen LogP contribution in [0.1, 0.15) is 39.9 Å². The molecule has 1 aliphatic rings. The van der Waals surface area contributed by atoms with Gasteiger partial charge in [0, 0.05) is 31.6 Å². The van der Waals surface area contributed by atoms with Gasteiger partial charge < -0.3 is 23.7 Å². The summed E-state index contributed by atoms with van der Waals surface area (Å²) < 4.78 is 48.6. The minimum Gasteiger partial charge on any atom is -0.478 e. The zero-order valence-corrected chi connectivity index (χ0v) is 21.3. The van der Waals surface area contributed by atoms with Crippen molar-refractivity contribution in [2.45, 2.75) is 39.0 Å². The second-order valence-corrected chi connectivity index (χ2v) is 9.41. The third-order valence-electron chi connectivity index (χ3n) is 6.66. The number of nitrogens with zero attached hydrogens (tertiary/aromatic N) is 5. The Morgan fingerprint density at radius 2 is 1.98 bits per heavy atom. The molecule has 0 aliphatic carbocycles. The van der Waals surface area contributed by atoms with Crippen LogP contribution in [0.3, 0.4) is 0 Å². The lowest BCUT2D eigenvalue weighted by Crippen LogP contribution is -2.31. The van der Waals surface area contributed by atoms with Crippen LogP contribution in [0.5, 0.6) is 5.88 Å². The number of imidazole rings is 1. The minimum absolute atomic E-state index is 0.00440. The molecule has 0 spiro atoms. The molecule has 0 bridgehead atoms. The molecule has 1 fully saturated rings. The number of aryl methyl sites for hydroxylation is 1. The largest absolute Gasteiger partial charge is 0.478 e. The van der Waals surface area contributed by atoms with Crippen molar-refractivity contribution in [2.75, 3.05) is 6.61 Å². The molecule has 6 rings (SSSR count). The number of aromatic carboxylic acids is 1. The summed E-state index contributed by atoms with van der Waals surface area (Å²) in [6, 6.07) is 11.6. The zero-order valence-electron chi connectivity index (χ0n) is 21.3. The molecule has 1 aliphatic heterocycles. The number of hydrogen-bond donors (Lipinski definition) is 1. The molecular formula is C28H23F2N5O5. The van der Waals surface area contributed by atoms with E-state index in [1.165, 1.54) is 12.1 Å². The second kappa shape index (κ2) is 10.5. The number of halogens is 2. The summed E-state index contributed by atoms with van der Waals surface area (Å²) >= 11 is 0. The van der Waals surface area contributed by atoms with Crippen LogP contribution < -0.4 is 4.74 Å². The maximum Gasteiger partial charge on any atom is 0.335 e. The van der Waals surface area contributed by atoms with Gasteiger partial charge in [-0.15, -0.1) is 0 Å². The number of carbonyl (C=O) groups is 1. The van der Waals surface area contributed by atoms with Crippen LogP contribution in [0.25, 0.3) is 22.3 Å². The van der Waals surface area contributed by atoms with E-state index >= 15 is 8.78 Å². The number of pyridine rings is 1. The Kier molecular flexibility index (Phi) is 6.68. The van der Waals surface area contributed by atoms with Crippen LogP contribution in [-0.4, -0.2) is 48.5 Å². The van der Waals surface area contributed by atoms with Crippen LogP contribution >= 0.6 is 0 Å². The van der Waals surface area contributed by atoms with E-state index in [0.717, 1.165) is 18.6 Å². The number of benzene rings is 2. The highest BCUT2D eigenvalue weighted by molar-refractivity contribution is 5.92. The van der Waals surface area contributed by atoms with Gasteiger partial charge >= 0.3 is 5.97 Å². The predicted molar refractivity (Wildman–Crippen MR) is 137 cm³/mol. The Morgan fingerprint density at radius 3 is 2.70 bits per heavy atom. The first kappa shape index (κ1) is 25.6. The van der Waals surface area contributed by atoms with Crippen molar-refractivity contribution in [1.29, 1.82) is 0 Å². The Hall–Kier alpha value is -4.71. The maximum absolute atomic E-state index is 15.4. The summed E-state index contributed by atoms with van der Waals surface area (Å²) in [5.74, 6) is -0.951. The van der Waals surface area contributed by atoms with Crippen molar-refractivity contribution in [2.24, 2.45) is 0 Å². The second-order valence-electron chi connectivity index (χ2n) is 9.41. The summed E-state index contributed by atoms with van der Waals surface area (Å²) in [4.78, 5) is 24.5. The molecule has 4 heterocycles. The van der Waals surface area contributed by atoms with Gasteiger partial charge in [0.25, 0.3) is 0 Å². The third kappa shape index (κ3) is 5.13. The number of ether oxygens (including phenoxy) is 2. The normalized spacial score (nSPS) is 14.8. The Bertz CT molecular complexity index is 1730. The van der Waals surface area contributed by atoms with E-state index in [2.05, 4.69) is 20.1 Å². The molecule has 40 heavy (non-hydrogen) atoms. The fourth-order valence-electron chi connectivity index (χ4n) is 4.55. The van der Waals surface area contributed by atoms with Crippen molar-refractivity contribution in [1.82, 2.24) is 24.7 Å². The van der Waals surface area contributed by atoms with Crippen LogP contribution in [0.15, 0.2) is 53.1 Å². The summed E-state index contributed by atoms with van der Waals surface area (Å²) in [6.07, 6.45) is 0.784. The number of hydrogen-bond acceptors (Lipinski definition) is 8. The molecule has 0 amide bonds. The first-order chi connectivity index (χ1) is 19.3. The lowest BCUT2D eigenvalue weighted by Gasteiger charge is -2.27. The number of carboxylic acid groups (broad SMARTS) is 1. The molecule has 3 aromatic heterocycles. The van der Waals surface area contributed by atoms with E-state index in [1.807, 2.05) is 4.57 Å². The summed E-state index contributed by atoms with van der Waals surface area (Å²) in [5.41, 5.74) is 1.55. The van der Waals surface area contributed by atoms with Crippen molar-refractivity contribution < 1.29 is 32.7 Å². The molecule has 10 nitrogen and oxygen atoms in total. The predicted octanol–water partition coefficient (Wildman–Crippen LogP) is 4.72. The fraction of sp³-hybridized carbons (Fsp3) is 0.250. The molecule has 2 aromatic carbocycles. The number of carboxylic acids is 1. The lowest BCUT2D eigenvalue weighted by atomic mass is 10.0. The van der Waals surface area contributed by atoms with E-state index < -0.39 is 17.6 Å². The van der Waals surface area contributed by atoms with Crippen LogP contribution in [-0.2, 0) is 24.3 Å². The Balaban J connectivity index is 1.28. The Morgan fingerprint density at radius 1 is 1.12 bits per heavy atom. The molecule has 5 aromatic rings. The van der Waals surface area contributed by atoms with E-state index in [9.17, 15) is 9.90 Å². The average molecular weight is 548 g/mol. The smallest absolute Gasteiger partial charge is 0.335 e. The van der Waals surface area contributed by atoms with Crippen molar-refractivity contribution >= 4 is 17.0 Å². The monoisotopic (exact) mass is 547 g/mol. The first-order valence-electron chi connectivity index (χ1n) is 12.6. The molecule has 0 radical (unpaired) electrons. The molecule has 1 N–H and O–H groups in total. The summed E-state index contributed by atoms with van der Waals surface area (Å²) in [7, 11) is 0. The molecule has 204 valence electrons. The maximum atomic E-state index is 15.4. The number of aromatic nitrogens is 5. The van der Waals surface area contributed by atoms with Crippen LogP contribution in [0.4, 0.5) is 8.78 Å². The number of fused-ring (bicyclic) bond motifs is 1. The van der Waals surface area contributed by atoms with E-state index in [1.54, 1.807) is 31.2 Å². The highest BCUT2D eigenvalue weighted by Gasteiger charge is 2.23.